The summed E-state index contributed by atoms with van der Waals surface area (Å²) in [6, 6.07) is 6.70. The quantitative estimate of drug-likeness (QED) is 0.361. The van der Waals surface area contributed by atoms with Crippen LogP contribution in [-0.4, -0.2) is 67.4 Å². The Hall–Kier alpha value is -4.01. The van der Waals surface area contributed by atoms with Gasteiger partial charge in [0.05, 0.1) is 6.54 Å². The van der Waals surface area contributed by atoms with E-state index in [1.54, 1.807) is 19.2 Å². The van der Waals surface area contributed by atoms with Crippen molar-refractivity contribution in [2.75, 3.05) is 24.5 Å². The monoisotopic (exact) mass is 688 g/mol. The number of alkyl halides is 3. The molecule has 4 aliphatic carbocycles. The Morgan fingerprint density at radius 2 is 1.61 bits per heavy atom. The van der Waals surface area contributed by atoms with Gasteiger partial charge in [-0.25, -0.2) is 14.0 Å². The number of benzene rings is 1. The summed E-state index contributed by atoms with van der Waals surface area (Å²) < 4.78 is 49.9. The molecule has 2 aromatic heterocycles. The van der Waals surface area contributed by atoms with Gasteiger partial charge in [0, 0.05) is 44.7 Å². The van der Waals surface area contributed by atoms with E-state index >= 15 is 0 Å². The molecule has 4 heterocycles. The largest absolute Gasteiger partial charge is 0.490 e. The van der Waals surface area contributed by atoms with Gasteiger partial charge < -0.3 is 19.9 Å². The molecule has 1 aromatic carbocycles. The fourth-order valence-electron chi connectivity index (χ4n) is 9.68. The van der Waals surface area contributed by atoms with Gasteiger partial charge in [-0.2, -0.15) is 18.2 Å². The Labute approximate surface area is 278 Å². The number of aryl methyl sites for hydroxylation is 3. The first-order valence-electron chi connectivity index (χ1n) is 17.0. The van der Waals surface area contributed by atoms with E-state index in [1.807, 2.05) is 4.57 Å². The van der Waals surface area contributed by atoms with Crippen molar-refractivity contribution in [2.45, 2.75) is 76.7 Å². The van der Waals surface area contributed by atoms with Crippen LogP contribution in [0.4, 0.5) is 23.5 Å². The lowest BCUT2D eigenvalue weighted by atomic mass is 9.48. The number of Topliss-reactive ketones (excluding diaryl/α,β-unsaturated/α-hetero) is 1. The second-order valence-corrected chi connectivity index (χ2v) is 14.7. The smallest absolute Gasteiger partial charge is 0.475 e. The number of hydrogen-bond acceptors (Lipinski definition) is 7. The fraction of sp³-hybridized carbons (Fsp3) is 0.618. The van der Waals surface area contributed by atoms with E-state index in [-0.39, 0.29) is 29.6 Å². The number of rotatable bonds is 7. The van der Waals surface area contributed by atoms with Crippen molar-refractivity contribution in [3.05, 3.63) is 56.5 Å². The number of carbonyl (C=O) groups excluding carboxylic acids is 1. The molecule has 9 rings (SSSR count). The third kappa shape index (κ3) is 6.08. The molecular weight excluding hydrogens is 648 g/mol. The van der Waals surface area contributed by atoms with E-state index < -0.39 is 23.4 Å². The van der Waals surface area contributed by atoms with Crippen LogP contribution in [0.2, 0.25) is 0 Å². The highest BCUT2D eigenvalue weighted by molar-refractivity contribution is 5.85. The van der Waals surface area contributed by atoms with Crippen LogP contribution in [0.25, 0.3) is 11.2 Å². The normalized spacial score (nSPS) is 28.5. The number of carboxylic acids is 1. The maximum atomic E-state index is 14.3. The number of nitrogens with zero attached hydrogens (tertiary/aromatic N) is 5. The molecule has 3 aromatic rings. The van der Waals surface area contributed by atoms with E-state index in [1.165, 1.54) is 40.5 Å². The molecule has 2 N–H and O–H groups in total. The number of hydrogen-bond donors (Lipinski definition) is 2. The van der Waals surface area contributed by atoms with Gasteiger partial charge in [0.2, 0.25) is 5.95 Å². The van der Waals surface area contributed by atoms with E-state index in [0.29, 0.717) is 53.7 Å². The van der Waals surface area contributed by atoms with E-state index in [0.717, 1.165) is 50.9 Å². The van der Waals surface area contributed by atoms with E-state index in [2.05, 4.69) is 10.2 Å². The summed E-state index contributed by atoms with van der Waals surface area (Å²) in [5.74, 6) is 0.0380. The summed E-state index contributed by atoms with van der Waals surface area (Å²) in [6.07, 6.45) is 2.93. The third-order valence-corrected chi connectivity index (χ3v) is 11.6. The average molecular weight is 689 g/mol. The van der Waals surface area contributed by atoms with Gasteiger partial charge in [0.15, 0.2) is 16.9 Å². The minimum absolute atomic E-state index is 0.0529. The number of carbonyl (C=O) groups is 2. The molecule has 0 radical (unpaired) electrons. The summed E-state index contributed by atoms with van der Waals surface area (Å²) in [5.41, 5.74) is 0.357. The minimum Gasteiger partial charge on any atom is -0.475 e. The number of ketones is 1. The molecule has 2 saturated heterocycles. The Morgan fingerprint density at radius 1 is 1.00 bits per heavy atom. The van der Waals surface area contributed by atoms with E-state index in [9.17, 15) is 31.9 Å². The highest BCUT2D eigenvalue weighted by Crippen LogP contribution is 2.60. The first-order chi connectivity index (χ1) is 23.2. The molecule has 0 spiro atoms. The van der Waals surface area contributed by atoms with Crippen molar-refractivity contribution < 1.29 is 32.3 Å². The number of carboxylic acid groups (broad SMARTS) is 1. The van der Waals surface area contributed by atoms with Gasteiger partial charge in [0.25, 0.3) is 5.56 Å². The molecular formula is C34H40F4N6O5. The highest BCUT2D eigenvalue weighted by Gasteiger charge is 2.54. The molecule has 6 fully saturated rings. The van der Waals surface area contributed by atoms with Crippen LogP contribution in [0.1, 0.15) is 50.5 Å². The van der Waals surface area contributed by atoms with Crippen LogP contribution < -0.4 is 21.5 Å². The molecule has 2 atom stereocenters. The van der Waals surface area contributed by atoms with Gasteiger partial charge >= 0.3 is 17.8 Å². The summed E-state index contributed by atoms with van der Waals surface area (Å²) in [4.78, 5) is 58.0. The zero-order valence-electron chi connectivity index (χ0n) is 27.2. The topological polar surface area (TPSA) is 131 Å². The lowest BCUT2D eigenvalue weighted by molar-refractivity contribution is -0.192. The lowest BCUT2D eigenvalue weighted by Crippen LogP contribution is -2.52. The standard InChI is InChI=1S/C32H39FN6O3.C2HF3O2/c1-36-28-27(29(41)39(31(36)42)18-26(40)32-13-20-10-21(14-32)12-22(11-20)15-32)38(8-6-19-2-4-24(33)5-3-19)30(35-28)37-9-7-23-16-34-17-25(23)37;3-2(4,5)1(6)7/h2-5,20-23,25,34H,6-18H2,1H3;(H,6,7). The molecule has 2 unspecified atom stereocenters. The van der Waals surface area contributed by atoms with Gasteiger partial charge in [-0.15, -0.1) is 0 Å². The average Bonchev–Trinajstić information content (AvgIpc) is 3.76. The number of nitrogens with one attached hydrogen (secondary N) is 1. The number of halogens is 4. The molecule has 0 amide bonds. The second-order valence-electron chi connectivity index (χ2n) is 14.7. The first-order valence-corrected chi connectivity index (χ1v) is 17.0. The van der Waals surface area contributed by atoms with Gasteiger partial charge in [0.1, 0.15) is 5.82 Å². The SMILES string of the molecule is Cn1c(=O)n(CC(=O)C23CC4CC(CC(C4)C2)C3)c(=O)c2c1nc(N1CCC3CNCC31)n2CCc1ccc(F)cc1.O=C(O)C(F)(F)F. The molecule has 4 bridgehead atoms. The Balaban J connectivity index is 0.000000491. The van der Waals surface area contributed by atoms with Crippen LogP contribution >= 0.6 is 0 Å². The van der Waals surface area contributed by atoms with Crippen LogP contribution in [0.3, 0.4) is 0 Å². The highest BCUT2D eigenvalue weighted by atomic mass is 19.4. The number of imidazole rings is 1. The van der Waals surface area contributed by atoms with Gasteiger partial charge in [-0.1, -0.05) is 12.1 Å². The molecule has 49 heavy (non-hydrogen) atoms. The fourth-order valence-corrected chi connectivity index (χ4v) is 9.68. The summed E-state index contributed by atoms with van der Waals surface area (Å²) in [7, 11) is 1.65. The Bertz CT molecular complexity index is 1860. The molecule has 11 nitrogen and oxygen atoms in total. The first kappa shape index (κ1) is 33.5. The number of fused-ring (bicyclic) bond motifs is 2. The lowest BCUT2D eigenvalue weighted by Gasteiger charge is -2.56. The third-order valence-electron chi connectivity index (χ3n) is 11.6. The molecule has 2 aliphatic heterocycles. The summed E-state index contributed by atoms with van der Waals surface area (Å²) in [6.45, 7) is 2.94. The van der Waals surface area contributed by atoms with E-state index in [4.69, 9.17) is 14.9 Å². The predicted molar refractivity (Wildman–Crippen MR) is 171 cm³/mol. The number of aromatic nitrogens is 4. The van der Waals surface area contributed by atoms with Crippen LogP contribution in [0, 0.1) is 34.9 Å². The second kappa shape index (κ2) is 12.4. The molecule has 6 aliphatic rings. The van der Waals surface area contributed by atoms with Crippen LogP contribution in [0.5, 0.6) is 0 Å². The van der Waals surface area contributed by atoms with Crippen LogP contribution in [0.15, 0.2) is 33.9 Å². The molecule has 264 valence electrons. The predicted octanol–water partition coefficient (Wildman–Crippen LogP) is 3.50. The number of aliphatic carboxylic acids is 1. The maximum absolute atomic E-state index is 14.3. The summed E-state index contributed by atoms with van der Waals surface area (Å²) in [5, 5.41) is 10.6. The van der Waals surface area contributed by atoms with Crippen LogP contribution in [-0.2, 0) is 36.1 Å². The van der Waals surface area contributed by atoms with Crippen molar-refractivity contribution in [2.24, 2.45) is 36.1 Å². The maximum Gasteiger partial charge on any atom is 0.490 e. The zero-order chi connectivity index (χ0) is 34.8. The van der Waals surface area contributed by atoms with Crippen molar-refractivity contribution in [3.8, 4) is 0 Å². The molecule has 4 saturated carbocycles. The van der Waals surface area contributed by atoms with Crippen molar-refractivity contribution in [3.63, 3.8) is 0 Å². The Morgan fingerprint density at radius 3 is 2.20 bits per heavy atom. The summed E-state index contributed by atoms with van der Waals surface area (Å²) >= 11 is 0. The van der Waals surface area contributed by atoms with Crippen molar-refractivity contribution >= 4 is 28.9 Å². The van der Waals surface area contributed by atoms with Crippen molar-refractivity contribution in [1.82, 2.24) is 24.0 Å². The Kier molecular flexibility index (Phi) is 8.47. The molecule has 15 heteroatoms. The zero-order valence-corrected chi connectivity index (χ0v) is 27.2. The number of anilines is 1. The van der Waals surface area contributed by atoms with Gasteiger partial charge in [-0.05, 0) is 92.7 Å². The minimum atomic E-state index is -5.08. The van der Waals surface area contributed by atoms with Crippen molar-refractivity contribution in [1.29, 1.82) is 0 Å². The van der Waals surface area contributed by atoms with Gasteiger partial charge in [-0.3, -0.25) is 18.7 Å².